The SMILES string of the molecule is CC1(C)CN(S(=O)(=O)c2cccnc2N)CC(CO)O1. The highest BCUT2D eigenvalue weighted by Crippen LogP contribution is 2.27. The monoisotopic (exact) mass is 301 g/mol. The van der Waals surface area contributed by atoms with Crippen LogP contribution >= 0.6 is 0 Å². The van der Waals surface area contributed by atoms with Gasteiger partial charge in [0, 0.05) is 19.3 Å². The Kier molecular flexibility index (Phi) is 4.01. The quantitative estimate of drug-likeness (QED) is 0.802. The molecule has 2 heterocycles. The van der Waals surface area contributed by atoms with Crippen molar-refractivity contribution in [2.24, 2.45) is 0 Å². The minimum absolute atomic E-state index is 0.0191. The molecule has 0 amide bonds. The average Bonchev–Trinajstić information content (AvgIpc) is 2.37. The Morgan fingerprint density at radius 1 is 1.60 bits per heavy atom. The number of aromatic nitrogens is 1. The summed E-state index contributed by atoms with van der Waals surface area (Å²) in [6, 6.07) is 2.95. The fourth-order valence-corrected chi connectivity index (χ4v) is 3.97. The van der Waals surface area contributed by atoms with Crippen LogP contribution in [-0.2, 0) is 14.8 Å². The number of aliphatic hydroxyl groups is 1. The van der Waals surface area contributed by atoms with E-state index in [4.69, 9.17) is 10.5 Å². The normalized spacial score (nSPS) is 23.6. The van der Waals surface area contributed by atoms with Gasteiger partial charge in [0.15, 0.2) is 0 Å². The van der Waals surface area contributed by atoms with Crippen molar-refractivity contribution >= 4 is 15.8 Å². The van der Waals surface area contributed by atoms with Crippen molar-refractivity contribution in [1.82, 2.24) is 9.29 Å². The summed E-state index contributed by atoms with van der Waals surface area (Å²) in [5.41, 5.74) is 4.98. The molecule has 0 bridgehead atoms. The van der Waals surface area contributed by atoms with Crippen molar-refractivity contribution in [1.29, 1.82) is 0 Å². The topological polar surface area (TPSA) is 106 Å². The Balaban J connectivity index is 2.36. The van der Waals surface area contributed by atoms with Gasteiger partial charge in [-0.2, -0.15) is 4.31 Å². The first-order valence-corrected chi connectivity index (χ1v) is 7.69. The molecule has 7 nitrogen and oxygen atoms in total. The maximum atomic E-state index is 12.6. The largest absolute Gasteiger partial charge is 0.394 e. The Morgan fingerprint density at radius 2 is 2.30 bits per heavy atom. The molecule has 1 fully saturated rings. The van der Waals surface area contributed by atoms with Crippen LogP contribution in [-0.4, -0.2) is 54.2 Å². The molecule has 1 aromatic rings. The van der Waals surface area contributed by atoms with Crippen molar-refractivity contribution in [2.45, 2.75) is 30.4 Å². The summed E-state index contributed by atoms with van der Waals surface area (Å²) in [5, 5.41) is 9.25. The minimum atomic E-state index is -3.75. The van der Waals surface area contributed by atoms with Gasteiger partial charge in [-0.15, -0.1) is 0 Å². The van der Waals surface area contributed by atoms with Crippen molar-refractivity contribution < 1.29 is 18.3 Å². The number of hydrogen-bond donors (Lipinski definition) is 2. The second kappa shape index (κ2) is 5.28. The number of nitrogens with two attached hydrogens (primary N) is 1. The average molecular weight is 301 g/mol. The molecule has 2 rings (SSSR count). The maximum absolute atomic E-state index is 12.6. The zero-order valence-electron chi connectivity index (χ0n) is 11.5. The van der Waals surface area contributed by atoms with Crippen LogP contribution < -0.4 is 5.73 Å². The van der Waals surface area contributed by atoms with Gasteiger partial charge in [0.05, 0.1) is 18.3 Å². The van der Waals surface area contributed by atoms with E-state index in [1.54, 1.807) is 13.8 Å². The highest BCUT2D eigenvalue weighted by molar-refractivity contribution is 7.89. The number of nitrogens with zero attached hydrogens (tertiary/aromatic N) is 2. The standard InChI is InChI=1S/C12H19N3O4S/c1-12(2)8-15(6-9(7-16)19-12)20(17,18)10-4-3-5-14-11(10)13/h3-5,9,16H,6-8H2,1-2H3,(H2,13,14). The van der Waals surface area contributed by atoms with E-state index in [1.165, 1.54) is 22.6 Å². The Bertz CT molecular complexity index is 588. The fourth-order valence-electron chi connectivity index (χ4n) is 2.28. The van der Waals surface area contributed by atoms with Crippen LogP contribution in [0.3, 0.4) is 0 Å². The number of sulfonamides is 1. The highest BCUT2D eigenvalue weighted by Gasteiger charge is 2.39. The summed E-state index contributed by atoms with van der Waals surface area (Å²) < 4.78 is 32.1. The zero-order valence-corrected chi connectivity index (χ0v) is 12.3. The molecule has 1 aliphatic rings. The minimum Gasteiger partial charge on any atom is -0.394 e. The summed E-state index contributed by atoms with van der Waals surface area (Å²) in [6.07, 6.45) is 0.889. The van der Waals surface area contributed by atoms with Gasteiger partial charge >= 0.3 is 0 Å². The molecule has 3 N–H and O–H groups in total. The van der Waals surface area contributed by atoms with Gasteiger partial charge in [-0.3, -0.25) is 0 Å². The molecular weight excluding hydrogens is 282 g/mol. The number of ether oxygens (including phenoxy) is 1. The molecule has 0 aliphatic carbocycles. The predicted molar refractivity (Wildman–Crippen MR) is 73.4 cm³/mol. The summed E-state index contributed by atoms with van der Waals surface area (Å²) in [5.74, 6) is -0.0302. The van der Waals surface area contributed by atoms with Crippen molar-refractivity contribution in [3.8, 4) is 0 Å². The first-order chi connectivity index (χ1) is 9.26. The molecule has 0 radical (unpaired) electrons. The molecule has 8 heteroatoms. The lowest BCUT2D eigenvalue weighted by atomic mass is 10.1. The first-order valence-electron chi connectivity index (χ1n) is 6.25. The third-order valence-electron chi connectivity index (χ3n) is 3.07. The Hall–Kier alpha value is -1.22. The van der Waals surface area contributed by atoms with E-state index in [0.717, 1.165) is 0 Å². The van der Waals surface area contributed by atoms with Gasteiger partial charge in [0.1, 0.15) is 10.7 Å². The van der Waals surface area contributed by atoms with E-state index < -0.39 is 21.7 Å². The van der Waals surface area contributed by atoms with Gasteiger partial charge in [-0.25, -0.2) is 13.4 Å². The van der Waals surface area contributed by atoms with Gasteiger partial charge < -0.3 is 15.6 Å². The molecule has 1 saturated heterocycles. The lowest BCUT2D eigenvalue weighted by molar-refractivity contribution is -0.131. The van der Waals surface area contributed by atoms with Gasteiger partial charge in [0.2, 0.25) is 10.0 Å². The van der Waals surface area contributed by atoms with Crippen LogP contribution in [0.5, 0.6) is 0 Å². The van der Waals surface area contributed by atoms with Gasteiger partial charge in [0.25, 0.3) is 0 Å². The second-order valence-corrected chi connectivity index (χ2v) is 7.27. The van der Waals surface area contributed by atoms with Gasteiger partial charge in [-0.05, 0) is 26.0 Å². The molecule has 1 unspecified atom stereocenters. The lowest BCUT2D eigenvalue weighted by Gasteiger charge is -2.41. The van der Waals surface area contributed by atoms with Crippen molar-refractivity contribution in [2.75, 3.05) is 25.4 Å². The van der Waals surface area contributed by atoms with Crippen LogP contribution in [0.1, 0.15) is 13.8 Å². The molecule has 1 aliphatic heterocycles. The fraction of sp³-hybridized carbons (Fsp3) is 0.583. The first kappa shape index (κ1) is 15.2. The Labute approximate surface area is 118 Å². The number of rotatable bonds is 3. The van der Waals surface area contributed by atoms with E-state index in [-0.39, 0.29) is 30.4 Å². The molecular formula is C12H19N3O4S. The number of morpholine rings is 1. The molecule has 20 heavy (non-hydrogen) atoms. The Morgan fingerprint density at radius 3 is 2.90 bits per heavy atom. The van der Waals surface area contributed by atoms with Crippen molar-refractivity contribution in [3.05, 3.63) is 18.3 Å². The lowest BCUT2D eigenvalue weighted by Crippen LogP contribution is -2.55. The van der Waals surface area contributed by atoms with Crippen LogP contribution in [0, 0.1) is 0 Å². The summed E-state index contributed by atoms with van der Waals surface area (Å²) in [7, 11) is -3.75. The van der Waals surface area contributed by atoms with E-state index >= 15 is 0 Å². The zero-order chi connectivity index (χ0) is 15.0. The molecule has 1 atom stereocenters. The third-order valence-corrected chi connectivity index (χ3v) is 4.93. The van der Waals surface area contributed by atoms with E-state index in [2.05, 4.69) is 4.98 Å². The summed E-state index contributed by atoms with van der Waals surface area (Å²) in [6.45, 7) is 3.61. The van der Waals surface area contributed by atoms with Crippen LogP contribution in [0.25, 0.3) is 0 Å². The van der Waals surface area contributed by atoms with Crippen molar-refractivity contribution in [3.63, 3.8) is 0 Å². The predicted octanol–water partition coefficient (Wildman–Crippen LogP) is -0.176. The van der Waals surface area contributed by atoms with E-state index in [9.17, 15) is 13.5 Å². The van der Waals surface area contributed by atoms with Crippen LogP contribution in [0.15, 0.2) is 23.2 Å². The van der Waals surface area contributed by atoms with Gasteiger partial charge in [-0.1, -0.05) is 0 Å². The number of pyridine rings is 1. The molecule has 112 valence electrons. The van der Waals surface area contributed by atoms with E-state index in [1.807, 2.05) is 0 Å². The summed E-state index contributed by atoms with van der Waals surface area (Å²) in [4.78, 5) is 3.79. The second-order valence-electron chi connectivity index (χ2n) is 5.37. The van der Waals surface area contributed by atoms with Crippen LogP contribution in [0.4, 0.5) is 5.82 Å². The smallest absolute Gasteiger partial charge is 0.246 e. The maximum Gasteiger partial charge on any atom is 0.246 e. The van der Waals surface area contributed by atoms with Crippen LogP contribution in [0.2, 0.25) is 0 Å². The summed E-state index contributed by atoms with van der Waals surface area (Å²) >= 11 is 0. The third kappa shape index (κ3) is 2.93. The number of hydrogen-bond acceptors (Lipinski definition) is 6. The molecule has 0 spiro atoms. The number of nitrogen functional groups attached to an aromatic ring is 1. The molecule has 0 saturated carbocycles. The highest BCUT2D eigenvalue weighted by atomic mass is 32.2. The number of anilines is 1. The molecule has 1 aromatic heterocycles. The number of aliphatic hydroxyl groups excluding tert-OH is 1. The molecule has 0 aromatic carbocycles. The van der Waals surface area contributed by atoms with E-state index in [0.29, 0.717) is 0 Å².